The molecule has 3 rings (SSSR count). The monoisotopic (exact) mass is 313 g/mol. The van der Waals surface area contributed by atoms with E-state index < -0.39 is 5.41 Å². The maximum atomic E-state index is 12.1. The molecular weight excluding hydrogens is 294 g/mol. The molecular formula is C18H19NO4. The number of hydrogen-bond donors (Lipinski definition) is 0. The second kappa shape index (κ2) is 5.33. The first-order valence-electron chi connectivity index (χ1n) is 7.68. The van der Waals surface area contributed by atoms with E-state index in [-0.39, 0.29) is 23.8 Å². The van der Waals surface area contributed by atoms with Crippen molar-refractivity contribution in [3.05, 3.63) is 41.5 Å². The molecule has 0 unspecified atom stereocenters. The lowest BCUT2D eigenvalue weighted by molar-refractivity contribution is -0.143. The molecule has 1 aromatic carbocycles. The van der Waals surface area contributed by atoms with Gasteiger partial charge in [-0.15, -0.1) is 0 Å². The van der Waals surface area contributed by atoms with Gasteiger partial charge in [-0.3, -0.25) is 19.3 Å². The van der Waals surface area contributed by atoms with Crippen molar-refractivity contribution < 1.29 is 19.1 Å². The first-order valence-corrected chi connectivity index (χ1v) is 7.68. The van der Waals surface area contributed by atoms with Crippen LogP contribution in [0.2, 0.25) is 0 Å². The summed E-state index contributed by atoms with van der Waals surface area (Å²) < 4.78 is 5.54. The summed E-state index contributed by atoms with van der Waals surface area (Å²) in [5.41, 5.74) is 1.20. The van der Waals surface area contributed by atoms with E-state index in [9.17, 15) is 14.4 Å². The molecule has 5 heteroatoms. The van der Waals surface area contributed by atoms with Crippen molar-refractivity contribution in [2.75, 3.05) is 0 Å². The Hall–Kier alpha value is -2.43. The molecule has 0 fully saturated rings. The zero-order valence-corrected chi connectivity index (χ0v) is 13.5. The summed E-state index contributed by atoms with van der Waals surface area (Å²) in [6.07, 6.45) is 3.91. The molecule has 1 aliphatic carbocycles. The van der Waals surface area contributed by atoms with E-state index in [1.54, 1.807) is 32.9 Å². The van der Waals surface area contributed by atoms with Crippen LogP contribution in [0.5, 0.6) is 5.75 Å². The minimum absolute atomic E-state index is 0.284. The van der Waals surface area contributed by atoms with Crippen LogP contribution in [-0.2, 0) is 20.8 Å². The van der Waals surface area contributed by atoms with Crippen LogP contribution in [0, 0.1) is 5.41 Å². The van der Waals surface area contributed by atoms with Gasteiger partial charge in [0.1, 0.15) is 5.75 Å². The zero-order chi connectivity index (χ0) is 16.8. The Morgan fingerprint density at radius 3 is 2.43 bits per heavy atom. The number of benzene rings is 1. The van der Waals surface area contributed by atoms with Crippen molar-refractivity contribution in [3.63, 3.8) is 0 Å². The number of nitrogens with zero attached hydrogens (tertiary/aromatic N) is 1. The maximum absolute atomic E-state index is 12.1. The van der Waals surface area contributed by atoms with E-state index in [2.05, 4.69) is 0 Å². The number of imide groups is 1. The highest BCUT2D eigenvalue weighted by atomic mass is 16.5. The van der Waals surface area contributed by atoms with Crippen molar-refractivity contribution >= 4 is 17.8 Å². The first-order chi connectivity index (χ1) is 10.8. The minimum atomic E-state index is -0.592. The van der Waals surface area contributed by atoms with Crippen LogP contribution in [0.15, 0.2) is 30.4 Å². The summed E-state index contributed by atoms with van der Waals surface area (Å²) in [6.45, 7) is 5.40. The Kier molecular flexibility index (Phi) is 3.59. The van der Waals surface area contributed by atoms with Gasteiger partial charge in [0.15, 0.2) is 0 Å². The van der Waals surface area contributed by atoms with Gasteiger partial charge in [0.05, 0.1) is 11.5 Å². The molecule has 23 heavy (non-hydrogen) atoms. The summed E-state index contributed by atoms with van der Waals surface area (Å²) in [7, 11) is 0. The third kappa shape index (κ3) is 2.67. The molecule has 1 aliphatic heterocycles. The molecule has 0 N–H and O–H groups in total. The summed E-state index contributed by atoms with van der Waals surface area (Å²) >= 11 is 0. The molecule has 0 saturated heterocycles. The third-order valence-corrected chi connectivity index (χ3v) is 4.17. The average Bonchev–Trinajstić information content (AvgIpc) is 3.02. The number of fused-ring (bicyclic) bond motifs is 1. The molecule has 2 amide bonds. The van der Waals surface area contributed by atoms with Crippen molar-refractivity contribution in [1.29, 1.82) is 0 Å². The standard InChI is InChI=1S/C18H19NO4/c1-18(2,3)17(22)23-14-6-4-5-11-12(14)7-8-13(11)19-15(20)9-10-16(19)21/h4-6,9-10,13H,7-8H2,1-3H3/t13-/m0/s1. The number of hydrogen-bond acceptors (Lipinski definition) is 4. The van der Waals surface area contributed by atoms with Crippen LogP contribution in [0.3, 0.4) is 0 Å². The number of ether oxygens (including phenoxy) is 1. The van der Waals surface area contributed by atoms with E-state index in [0.29, 0.717) is 18.6 Å². The van der Waals surface area contributed by atoms with Crippen LogP contribution in [0.25, 0.3) is 0 Å². The second-order valence-corrected chi connectivity index (χ2v) is 6.90. The molecule has 120 valence electrons. The molecule has 0 saturated carbocycles. The fourth-order valence-electron chi connectivity index (χ4n) is 2.93. The third-order valence-electron chi connectivity index (χ3n) is 4.17. The predicted molar refractivity (Wildman–Crippen MR) is 83.6 cm³/mol. The highest BCUT2D eigenvalue weighted by Crippen LogP contribution is 2.41. The molecule has 0 bridgehead atoms. The normalized spacial score (nSPS) is 20.1. The topological polar surface area (TPSA) is 63.7 Å². The van der Waals surface area contributed by atoms with Crippen molar-refractivity contribution in [2.24, 2.45) is 5.41 Å². The Bertz CT molecular complexity index is 709. The van der Waals surface area contributed by atoms with Crippen LogP contribution >= 0.6 is 0 Å². The van der Waals surface area contributed by atoms with Gasteiger partial charge in [0, 0.05) is 17.7 Å². The molecule has 0 spiro atoms. The average molecular weight is 313 g/mol. The molecule has 0 radical (unpaired) electrons. The lowest BCUT2D eigenvalue weighted by atomic mass is 9.97. The Balaban J connectivity index is 1.91. The fourth-order valence-corrected chi connectivity index (χ4v) is 2.93. The lowest BCUT2D eigenvalue weighted by Crippen LogP contribution is -2.33. The quantitative estimate of drug-likeness (QED) is 0.478. The second-order valence-electron chi connectivity index (χ2n) is 6.90. The van der Waals surface area contributed by atoms with Gasteiger partial charge in [-0.2, -0.15) is 0 Å². The highest BCUT2D eigenvalue weighted by Gasteiger charge is 2.37. The number of amides is 2. The van der Waals surface area contributed by atoms with Gasteiger partial charge in [-0.05, 0) is 45.2 Å². The number of rotatable bonds is 2. The predicted octanol–water partition coefficient (Wildman–Crippen LogP) is 2.55. The van der Waals surface area contributed by atoms with Gasteiger partial charge in [-0.25, -0.2) is 0 Å². The van der Waals surface area contributed by atoms with E-state index in [1.165, 1.54) is 17.1 Å². The Morgan fingerprint density at radius 1 is 1.17 bits per heavy atom. The smallest absolute Gasteiger partial charge is 0.316 e. The Labute approximate surface area is 134 Å². The van der Waals surface area contributed by atoms with Gasteiger partial charge in [-0.1, -0.05) is 12.1 Å². The van der Waals surface area contributed by atoms with Gasteiger partial charge in [0.2, 0.25) is 0 Å². The SMILES string of the molecule is CC(C)(C)C(=O)Oc1cccc2c1CC[C@@H]2N1C(=O)C=CC1=O. The van der Waals surface area contributed by atoms with Gasteiger partial charge >= 0.3 is 5.97 Å². The van der Waals surface area contributed by atoms with Crippen LogP contribution < -0.4 is 4.74 Å². The van der Waals surface area contributed by atoms with Crippen molar-refractivity contribution in [1.82, 2.24) is 4.90 Å². The maximum Gasteiger partial charge on any atom is 0.316 e. The largest absolute Gasteiger partial charge is 0.426 e. The van der Waals surface area contributed by atoms with Crippen molar-refractivity contribution in [2.45, 2.75) is 39.7 Å². The summed E-state index contributed by atoms with van der Waals surface area (Å²) in [4.78, 5) is 37.2. The van der Waals surface area contributed by atoms with Gasteiger partial charge < -0.3 is 4.74 Å². The van der Waals surface area contributed by atoms with Crippen LogP contribution in [0.1, 0.15) is 44.4 Å². The zero-order valence-electron chi connectivity index (χ0n) is 13.5. The lowest BCUT2D eigenvalue weighted by Gasteiger charge is -2.23. The minimum Gasteiger partial charge on any atom is -0.426 e. The summed E-state index contributed by atoms with van der Waals surface area (Å²) in [6, 6.07) is 5.16. The molecule has 1 atom stereocenters. The molecule has 5 nitrogen and oxygen atoms in total. The molecule has 2 aliphatic rings. The number of carbonyl (C=O) groups is 3. The first kappa shape index (κ1) is 15.5. The molecule has 1 heterocycles. The summed E-state index contributed by atoms with van der Waals surface area (Å²) in [5, 5.41) is 0. The summed E-state index contributed by atoms with van der Waals surface area (Å²) in [5.74, 6) is -0.351. The van der Waals surface area contributed by atoms with E-state index in [4.69, 9.17) is 4.74 Å². The fraction of sp³-hybridized carbons (Fsp3) is 0.389. The highest BCUT2D eigenvalue weighted by molar-refractivity contribution is 6.13. The van der Waals surface area contributed by atoms with E-state index in [1.807, 2.05) is 6.07 Å². The van der Waals surface area contributed by atoms with Crippen LogP contribution in [-0.4, -0.2) is 22.7 Å². The van der Waals surface area contributed by atoms with E-state index >= 15 is 0 Å². The Morgan fingerprint density at radius 2 is 1.83 bits per heavy atom. The van der Waals surface area contributed by atoms with Gasteiger partial charge in [0.25, 0.3) is 11.8 Å². The molecule has 1 aromatic rings. The van der Waals surface area contributed by atoms with Crippen LogP contribution in [0.4, 0.5) is 0 Å². The molecule has 0 aromatic heterocycles. The van der Waals surface area contributed by atoms with E-state index in [0.717, 1.165) is 11.1 Å². The number of esters is 1. The van der Waals surface area contributed by atoms with Crippen molar-refractivity contribution in [3.8, 4) is 5.75 Å². The number of carbonyl (C=O) groups excluding carboxylic acids is 3.